The van der Waals surface area contributed by atoms with E-state index in [-0.39, 0.29) is 11.7 Å². The van der Waals surface area contributed by atoms with E-state index in [1.165, 1.54) is 12.1 Å². The number of carbonyl (C=O) groups is 1. The summed E-state index contributed by atoms with van der Waals surface area (Å²) in [5, 5.41) is 0.620. The number of imidazole rings is 1. The van der Waals surface area contributed by atoms with Gasteiger partial charge in [-0.05, 0) is 54.2 Å². The van der Waals surface area contributed by atoms with Gasteiger partial charge in [-0.1, -0.05) is 23.7 Å². The van der Waals surface area contributed by atoms with E-state index in [0.717, 1.165) is 5.56 Å². The van der Waals surface area contributed by atoms with Crippen LogP contribution >= 0.6 is 23.8 Å². The summed E-state index contributed by atoms with van der Waals surface area (Å²) in [5.41, 5.74) is 1.92. The van der Waals surface area contributed by atoms with Gasteiger partial charge in [-0.3, -0.25) is 9.36 Å². The quantitative estimate of drug-likeness (QED) is 0.677. The smallest absolute Gasteiger partial charge is 0.272 e. The summed E-state index contributed by atoms with van der Waals surface area (Å²) >= 11 is 11.3. The predicted octanol–water partition coefficient (Wildman–Crippen LogP) is 4.60. The monoisotopic (exact) mass is 375 g/mol. The van der Waals surface area contributed by atoms with Crippen molar-refractivity contribution in [2.45, 2.75) is 6.54 Å². The van der Waals surface area contributed by atoms with Crippen LogP contribution in [0.4, 0.5) is 4.39 Å². The maximum absolute atomic E-state index is 13.2. The molecule has 128 valence electrons. The molecule has 0 unspecified atom stereocenters. The average molecular weight is 376 g/mol. The SMILES string of the molecule is CN(Cc1cccc(Cl)c1)C(=O)c1c[nH]c(=S)n1-c1ccc(F)cc1. The lowest BCUT2D eigenvalue weighted by atomic mass is 10.2. The Kier molecular flexibility index (Phi) is 5.01. The van der Waals surface area contributed by atoms with E-state index < -0.39 is 0 Å². The first-order valence-corrected chi connectivity index (χ1v) is 8.30. The van der Waals surface area contributed by atoms with Gasteiger partial charge in [0.25, 0.3) is 5.91 Å². The van der Waals surface area contributed by atoms with Crippen molar-refractivity contribution < 1.29 is 9.18 Å². The van der Waals surface area contributed by atoms with Crippen LogP contribution in [-0.4, -0.2) is 27.4 Å². The number of aromatic amines is 1. The van der Waals surface area contributed by atoms with Gasteiger partial charge in [0.15, 0.2) is 4.77 Å². The fraction of sp³-hybridized carbons (Fsp3) is 0.111. The molecule has 1 N–H and O–H groups in total. The molecule has 1 heterocycles. The summed E-state index contributed by atoms with van der Waals surface area (Å²) in [4.78, 5) is 17.3. The molecular weight excluding hydrogens is 361 g/mol. The topological polar surface area (TPSA) is 41.0 Å². The molecule has 0 radical (unpaired) electrons. The Morgan fingerprint density at radius 1 is 1.28 bits per heavy atom. The van der Waals surface area contributed by atoms with Gasteiger partial charge in [0, 0.05) is 30.5 Å². The minimum absolute atomic E-state index is 0.211. The first kappa shape index (κ1) is 17.4. The van der Waals surface area contributed by atoms with Crippen LogP contribution in [0.2, 0.25) is 5.02 Å². The van der Waals surface area contributed by atoms with Gasteiger partial charge in [0.05, 0.1) is 0 Å². The second-order valence-corrected chi connectivity index (χ2v) is 6.41. The molecule has 0 spiro atoms. The summed E-state index contributed by atoms with van der Waals surface area (Å²) in [6.07, 6.45) is 1.56. The lowest BCUT2D eigenvalue weighted by molar-refractivity contribution is 0.0777. The number of hydrogen-bond donors (Lipinski definition) is 1. The van der Waals surface area contributed by atoms with Crippen LogP contribution in [0.5, 0.6) is 0 Å². The number of aromatic nitrogens is 2. The molecule has 0 aliphatic rings. The molecule has 0 saturated heterocycles. The van der Waals surface area contributed by atoms with Crippen molar-refractivity contribution in [2.75, 3.05) is 7.05 Å². The zero-order valence-corrected chi connectivity index (χ0v) is 14.9. The number of H-pyrrole nitrogens is 1. The summed E-state index contributed by atoms with van der Waals surface area (Å²) in [5.74, 6) is -0.562. The Hall–Kier alpha value is -2.44. The van der Waals surface area contributed by atoms with Crippen molar-refractivity contribution in [1.82, 2.24) is 14.5 Å². The number of hydrogen-bond acceptors (Lipinski definition) is 2. The first-order valence-electron chi connectivity index (χ1n) is 7.52. The van der Waals surface area contributed by atoms with Crippen LogP contribution in [0.25, 0.3) is 5.69 Å². The Bertz CT molecular complexity index is 965. The third-order valence-electron chi connectivity index (χ3n) is 3.74. The fourth-order valence-electron chi connectivity index (χ4n) is 2.55. The molecule has 0 aliphatic carbocycles. The van der Waals surface area contributed by atoms with Crippen LogP contribution in [0.15, 0.2) is 54.7 Å². The molecule has 0 fully saturated rings. The van der Waals surface area contributed by atoms with Crippen molar-refractivity contribution >= 4 is 29.7 Å². The van der Waals surface area contributed by atoms with Gasteiger partial charge in [-0.2, -0.15) is 0 Å². The standard InChI is InChI=1S/C18H15ClFN3OS/c1-22(11-12-3-2-4-13(19)9-12)17(24)16-10-21-18(25)23(16)15-7-5-14(20)6-8-15/h2-10H,11H2,1H3,(H,21,25). The van der Waals surface area contributed by atoms with E-state index in [4.69, 9.17) is 23.8 Å². The maximum Gasteiger partial charge on any atom is 0.272 e. The second kappa shape index (κ2) is 7.21. The van der Waals surface area contributed by atoms with Crippen LogP contribution in [-0.2, 0) is 6.54 Å². The molecule has 1 amide bonds. The molecule has 0 aliphatic heterocycles. The van der Waals surface area contributed by atoms with E-state index in [9.17, 15) is 9.18 Å². The highest BCUT2D eigenvalue weighted by atomic mass is 35.5. The molecule has 3 rings (SSSR count). The second-order valence-electron chi connectivity index (χ2n) is 5.58. The van der Waals surface area contributed by atoms with Crippen molar-refractivity contribution in [2.24, 2.45) is 0 Å². The first-order chi connectivity index (χ1) is 12.0. The van der Waals surface area contributed by atoms with Crippen molar-refractivity contribution in [3.63, 3.8) is 0 Å². The highest BCUT2D eigenvalue weighted by Gasteiger charge is 2.18. The third kappa shape index (κ3) is 3.81. The number of benzene rings is 2. The number of halogens is 2. The molecule has 3 aromatic rings. The highest BCUT2D eigenvalue weighted by Crippen LogP contribution is 2.17. The number of rotatable bonds is 4. The highest BCUT2D eigenvalue weighted by molar-refractivity contribution is 7.71. The predicted molar refractivity (Wildman–Crippen MR) is 98.2 cm³/mol. The summed E-state index contributed by atoms with van der Waals surface area (Å²) in [6.45, 7) is 0.404. The van der Waals surface area contributed by atoms with E-state index >= 15 is 0 Å². The molecule has 7 heteroatoms. The van der Waals surface area contributed by atoms with Gasteiger partial charge in [0.1, 0.15) is 11.5 Å². The molecule has 1 aromatic heterocycles. The summed E-state index contributed by atoms with van der Waals surface area (Å²) in [6, 6.07) is 13.1. The van der Waals surface area contributed by atoms with E-state index in [0.29, 0.717) is 27.7 Å². The molecule has 4 nitrogen and oxygen atoms in total. The fourth-order valence-corrected chi connectivity index (χ4v) is 3.02. The average Bonchev–Trinajstić information content (AvgIpc) is 2.96. The van der Waals surface area contributed by atoms with Crippen LogP contribution < -0.4 is 0 Å². The largest absolute Gasteiger partial charge is 0.336 e. The van der Waals surface area contributed by atoms with Crippen LogP contribution in [0.1, 0.15) is 16.1 Å². The summed E-state index contributed by atoms with van der Waals surface area (Å²) < 4.78 is 15.1. The Labute approximate surface area is 154 Å². The molecular formula is C18H15ClFN3OS. The van der Waals surface area contributed by atoms with Gasteiger partial charge < -0.3 is 9.88 Å². The zero-order chi connectivity index (χ0) is 18.0. The minimum atomic E-state index is -0.350. The van der Waals surface area contributed by atoms with Crippen LogP contribution in [0.3, 0.4) is 0 Å². The molecule has 0 saturated carbocycles. The molecule has 0 atom stereocenters. The Morgan fingerprint density at radius 3 is 2.68 bits per heavy atom. The lowest BCUT2D eigenvalue weighted by Gasteiger charge is -2.18. The minimum Gasteiger partial charge on any atom is -0.336 e. The van der Waals surface area contributed by atoms with E-state index in [1.807, 2.05) is 18.2 Å². The molecule has 0 bridgehead atoms. The maximum atomic E-state index is 13.2. The van der Waals surface area contributed by atoms with E-state index in [2.05, 4.69) is 4.98 Å². The van der Waals surface area contributed by atoms with Gasteiger partial charge in [-0.15, -0.1) is 0 Å². The number of nitrogens with zero attached hydrogens (tertiary/aromatic N) is 2. The van der Waals surface area contributed by atoms with Gasteiger partial charge in [-0.25, -0.2) is 4.39 Å². The lowest BCUT2D eigenvalue weighted by Crippen LogP contribution is -2.28. The van der Waals surface area contributed by atoms with Gasteiger partial charge >= 0.3 is 0 Å². The Morgan fingerprint density at radius 2 is 2.00 bits per heavy atom. The van der Waals surface area contributed by atoms with Crippen molar-refractivity contribution in [3.05, 3.63) is 81.6 Å². The van der Waals surface area contributed by atoms with Crippen molar-refractivity contribution in [1.29, 1.82) is 0 Å². The third-order valence-corrected chi connectivity index (χ3v) is 4.27. The molecule has 2 aromatic carbocycles. The zero-order valence-electron chi connectivity index (χ0n) is 13.4. The van der Waals surface area contributed by atoms with Crippen molar-refractivity contribution in [3.8, 4) is 5.69 Å². The normalized spacial score (nSPS) is 10.7. The Balaban J connectivity index is 1.90. The van der Waals surface area contributed by atoms with Gasteiger partial charge in [0.2, 0.25) is 0 Å². The summed E-state index contributed by atoms with van der Waals surface area (Å²) in [7, 11) is 1.70. The van der Waals surface area contributed by atoms with Crippen LogP contribution in [0, 0.1) is 10.6 Å². The number of nitrogens with one attached hydrogen (secondary N) is 1. The molecule has 25 heavy (non-hydrogen) atoms. The van der Waals surface area contributed by atoms with E-state index in [1.54, 1.807) is 40.9 Å². The number of amides is 1. The number of carbonyl (C=O) groups excluding carboxylic acids is 1.